The van der Waals surface area contributed by atoms with Gasteiger partial charge in [0.05, 0.1) is 6.26 Å². The van der Waals surface area contributed by atoms with Crippen molar-refractivity contribution in [1.29, 1.82) is 0 Å². The molecule has 3 rings (SSSR count). The molecule has 1 N–H and O–H groups in total. The van der Waals surface area contributed by atoms with Gasteiger partial charge in [-0.2, -0.15) is 0 Å². The Morgan fingerprint density at radius 3 is 2.57 bits per heavy atom. The largest absolute Gasteiger partial charge is 0.461 e. The maximum atomic E-state index is 12.8. The highest BCUT2D eigenvalue weighted by molar-refractivity contribution is 5.91. The van der Waals surface area contributed by atoms with Crippen LogP contribution >= 0.6 is 0 Å². The van der Waals surface area contributed by atoms with Crippen molar-refractivity contribution in [3.8, 4) is 11.5 Å². The van der Waals surface area contributed by atoms with Gasteiger partial charge in [0, 0.05) is 6.54 Å². The van der Waals surface area contributed by atoms with Crippen LogP contribution in [0.4, 0.5) is 4.39 Å². The van der Waals surface area contributed by atoms with Crippen molar-refractivity contribution < 1.29 is 18.0 Å². The number of nitrogens with one attached hydrogen (secondary N) is 1. The predicted octanol–water partition coefficient (Wildman–Crippen LogP) is 3.61. The van der Waals surface area contributed by atoms with E-state index in [-0.39, 0.29) is 17.5 Å². The van der Waals surface area contributed by atoms with E-state index in [9.17, 15) is 9.18 Å². The second-order valence-corrected chi connectivity index (χ2v) is 4.45. The van der Waals surface area contributed by atoms with Gasteiger partial charge < -0.3 is 14.2 Å². The first-order chi connectivity index (χ1) is 10.2. The zero-order chi connectivity index (χ0) is 14.7. The Labute approximate surface area is 120 Å². The summed E-state index contributed by atoms with van der Waals surface area (Å²) in [6.07, 6.45) is 1.53. The zero-order valence-electron chi connectivity index (χ0n) is 11.0. The van der Waals surface area contributed by atoms with Crippen LogP contribution in [0.3, 0.4) is 0 Å². The molecule has 0 unspecified atom stereocenters. The molecule has 106 valence electrons. The minimum atomic E-state index is -0.336. The molecule has 0 aliphatic rings. The minimum absolute atomic E-state index is 0.198. The van der Waals surface area contributed by atoms with Crippen LogP contribution in [0, 0.1) is 5.82 Å². The lowest BCUT2D eigenvalue weighted by Gasteiger charge is -2.03. The summed E-state index contributed by atoms with van der Waals surface area (Å²) in [5.74, 6) is 0.611. The molecule has 2 heterocycles. The highest BCUT2D eigenvalue weighted by Crippen LogP contribution is 2.22. The molecule has 0 saturated carbocycles. The van der Waals surface area contributed by atoms with Crippen LogP contribution in [0.1, 0.15) is 16.1 Å². The van der Waals surface area contributed by atoms with Gasteiger partial charge in [0.25, 0.3) is 5.91 Å². The van der Waals surface area contributed by atoms with E-state index in [2.05, 4.69) is 5.32 Å². The fourth-order valence-electron chi connectivity index (χ4n) is 1.88. The van der Waals surface area contributed by atoms with Crippen molar-refractivity contribution in [3.63, 3.8) is 0 Å². The van der Waals surface area contributed by atoms with Crippen molar-refractivity contribution in [3.05, 3.63) is 71.9 Å². The fourth-order valence-corrected chi connectivity index (χ4v) is 1.88. The van der Waals surface area contributed by atoms with Crippen LogP contribution in [-0.2, 0) is 6.54 Å². The number of carbonyl (C=O) groups is 1. The Hall–Kier alpha value is -2.82. The molecule has 0 radical (unpaired) electrons. The summed E-state index contributed by atoms with van der Waals surface area (Å²) < 4.78 is 23.4. The number of furan rings is 2. The highest BCUT2D eigenvalue weighted by atomic mass is 19.1. The number of halogens is 1. The number of benzene rings is 1. The van der Waals surface area contributed by atoms with Crippen LogP contribution in [0.5, 0.6) is 0 Å². The molecule has 0 bridgehead atoms. The lowest BCUT2D eigenvalue weighted by molar-refractivity contribution is 0.0924. The first-order valence-corrected chi connectivity index (χ1v) is 6.39. The van der Waals surface area contributed by atoms with E-state index in [1.807, 2.05) is 0 Å². The second kappa shape index (κ2) is 5.66. The Morgan fingerprint density at radius 1 is 1.05 bits per heavy atom. The molecule has 0 aliphatic heterocycles. The predicted molar refractivity (Wildman–Crippen MR) is 74.0 cm³/mol. The van der Waals surface area contributed by atoms with Crippen molar-refractivity contribution in [1.82, 2.24) is 5.32 Å². The monoisotopic (exact) mass is 285 g/mol. The van der Waals surface area contributed by atoms with Gasteiger partial charge in [-0.1, -0.05) is 12.1 Å². The number of rotatable bonds is 4. The van der Waals surface area contributed by atoms with Crippen molar-refractivity contribution in [2.45, 2.75) is 6.54 Å². The average molecular weight is 285 g/mol. The van der Waals surface area contributed by atoms with Crippen LogP contribution in [0.25, 0.3) is 11.5 Å². The Bertz CT molecular complexity index is 729. The first kappa shape index (κ1) is 13.2. The van der Waals surface area contributed by atoms with Gasteiger partial charge in [0.2, 0.25) is 0 Å². The topological polar surface area (TPSA) is 55.4 Å². The van der Waals surface area contributed by atoms with E-state index in [0.717, 1.165) is 5.56 Å². The minimum Gasteiger partial charge on any atom is -0.461 e. The van der Waals surface area contributed by atoms with Crippen molar-refractivity contribution >= 4 is 5.91 Å². The quantitative estimate of drug-likeness (QED) is 0.796. The van der Waals surface area contributed by atoms with Crippen molar-refractivity contribution in [2.75, 3.05) is 0 Å². The average Bonchev–Trinajstić information content (AvgIpc) is 3.17. The Kier molecular flexibility index (Phi) is 3.55. The summed E-state index contributed by atoms with van der Waals surface area (Å²) in [6.45, 7) is 0.301. The Morgan fingerprint density at radius 2 is 1.86 bits per heavy atom. The molecular weight excluding hydrogens is 273 g/mol. The molecule has 1 aromatic carbocycles. The highest BCUT2D eigenvalue weighted by Gasteiger charge is 2.13. The molecule has 0 saturated heterocycles. The number of carbonyl (C=O) groups excluding carboxylic acids is 1. The van der Waals surface area contributed by atoms with Gasteiger partial charge in [-0.3, -0.25) is 4.79 Å². The SMILES string of the molecule is O=C(NCc1ccc(F)cc1)c1ccc(-c2ccco2)o1. The molecular formula is C16H12FNO3. The van der Waals surface area contributed by atoms with Gasteiger partial charge in [-0.25, -0.2) is 4.39 Å². The third kappa shape index (κ3) is 3.02. The van der Waals surface area contributed by atoms with Crippen LogP contribution < -0.4 is 5.32 Å². The molecule has 1 amide bonds. The van der Waals surface area contributed by atoms with E-state index in [0.29, 0.717) is 18.1 Å². The summed E-state index contributed by atoms with van der Waals surface area (Å²) in [5.41, 5.74) is 0.808. The summed E-state index contributed by atoms with van der Waals surface area (Å²) in [7, 11) is 0. The molecule has 4 nitrogen and oxygen atoms in total. The van der Waals surface area contributed by atoms with Crippen molar-refractivity contribution in [2.24, 2.45) is 0 Å². The normalized spacial score (nSPS) is 10.5. The summed E-state index contributed by atoms with van der Waals surface area (Å²) in [6, 6.07) is 12.7. The van der Waals surface area contributed by atoms with Gasteiger partial charge in [-0.15, -0.1) is 0 Å². The summed E-state index contributed by atoms with van der Waals surface area (Å²) in [5, 5.41) is 2.71. The summed E-state index contributed by atoms with van der Waals surface area (Å²) in [4.78, 5) is 12.0. The molecule has 0 atom stereocenters. The molecule has 2 aromatic heterocycles. The van der Waals surface area contributed by atoms with Gasteiger partial charge in [0.1, 0.15) is 5.82 Å². The first-order valence-electron chi connectivity index (χ1n) is 6.39. The molecule has 21 heavy (non-hydrogen) atoms. The zero-order valence-corrected chi connectivity index (χ0v) is 11.0. The number of hydrogen-bond donors (Lipinski definition) is 1. The standard InChI is InChI=1S/C16H12FNO3/c17-12-5-3-11(4-6-12)10-18-16(19)15-8-7-14(21-15)13-2-1-9-20-13/h1-9H,10H2,(H,18,19). The van der Waals surface area contributed by atoms with E-state index >= 15 is 0 Å². The third-order valence-corrected chi connectivity index (χ3v) is 2.96. The van der Waals surface area contributed by atoms with Gasteiger partial charge >= 0.3 is 0 Å². The molecule has 0 fully saturated rings. The molecule has 0 aliphatic carbocycles. The second-order valence-electron chi connectivity index (χ2n) is 4.45. The summed E-state index contributed by atoms with van der Waals surface area (Å²) >= 11 is 0. The number of hydrogen-bond acceptors (Lipinski definition) is 3. The maximum Gasteiger partial charge on any atom is 0.287 e. The molecule has 5 heteroatoms. The lowest BCUT2D eigenvalue weighted by atomic mass is 10.2. The maximum absolute atomic E-state index is 12.8. The Balaban J connectivity index is 1.64. The fraction of sp³-hybridized carbons (Fsp3) is 0.0625. The lowest BCUT2D eigenvalue weighted by Crippen LogP contribution is -2.22. The van der Waals surface area contributed by atoms with E-state index in [1.165, 1.54) is 18.4 Å². The smallest absolute Gasteiger partial charge is 0.287 e. The molecule has 0 spiro atoms. The van der Waals surface area contributed by atoms with Crippen LogP contribution in [0.2, 0.25) is 0 Å². The van der Waals surface area contributed by atoms with Crippen LogP contribution in [-0.4, -0.2) is 5.91 Å². The van der Waals surface area contributed by atoms with Gasteiger partial charge in [-0.05, 0) is 42.0 Å². The van der Waals surface area contributed by atoms with E-state index < -0.39 is 0 Å². The van der Waals surface area contributed by atoms with Gasteiger partial charge in [0.15, 0.2) is 17.3 Å². The molecule has 3 aromatic rings. The van der Waals surface area contributed by atoms with E-state index in [4.69, 9.17) is 8.83 Å². The number of amides is 1. The third-order valence-electron chi connectivity index (χ3n) is 2.96. The van der Waals surface area contributed by atoms with E-state index in [1.54, 1.807) is 36.4 Å². The van der Waals surface area contributed by atoms with Crippen LogP contribution in [0.15, 0.2) is 63.6 Å².